The zero-order valence-corrected chi connectivity index (χ0v) is 14.1. The van der Waals surface area contributed by atoms with Gasteiger partial charge in [-0.2, -0.15) is 0 Å². The van der Waals surface area contributed by atoms with E-state index in [4.69, 9.17) is 17.0 Å². The van der Waals surface area contributed by atoms with Gasteiger partial charge in [-0.25, -0.2) is 4.79 Å². The third-order valence-electron chi connectivity index (χ3n) is 4.04. The van der Waals surface area contributed by atoms with Crippen LogP contribution in [0.4, 0.5) is 5.69 Å². The van der Waals surface area contributed by atoms with Gasteiger partial charge in [0.2, 0.25) is 0 Å². The van der Waals surface area contributed by atoms with Crippen LogP contribution in [0.1, 0.15) is 28.8 Å². The molecule has 0 spiro atoms. The molecule has 0 unspecified atom stereocenters. The minimum Gasteiger partial charge on any atom is -0.465 e. The first-order valence-electron chi connectivity index (χ1n) is 7.45. The maximum atomic E-state index is 11.7. The summed E-state index contributed by atoms with van der Waals surface area (Å²) in [5, 5.41) is 7.14. The molecule has 1 fully saturated rings. The molecular formula is C16H23N3O2S. The zero-order chi connectivity index (χ0) is 16.1. The molecule has 0 amide bonds. The van der Waals surface area contributed by atoms with Gasteiger partial charge in [0.15, 0.2) is 5.11 Å². The van der Waals surface area contributed by atoms with Crippen LogP contribution in [0.3, 0.4) is 0 Å². The molecule has 0 aromatic heterocycles. The summed E-state index contributed by atoms with van der Waals surface area (Å²) in [5.74, 6) is -0.338. The van der Waals surface area contributed by atoms with Crippen LogP contribution < -0.4 is 10.6 Å². The Kier molecular flexibility index (Phi) is 5.74. The third kappa shape index (κ3) is 4.18. The third-order valence-corrected chi connectivity index (χ3v) is 4.26. The molecule has 1 aromatic rings. The number of nitrogens with zero attached hydrogens (tertiary/aromatic N) is 1. The zero-order valence-electron chi connectivity index (χ0n) is 13.3. The molecule has 0 saturated carbocycles. The summed E-state index contributed by atoms with van der Waals surface area (Å²) in [5.41, 5.74) is 2.21. The molecule has 0 atom stereocenters. The number of piperidine rings is 1. The first-order chi connectivity index (χ1) is 10.5. The number of rotatable bonds is 3. The highest BCUT2D eigenvalue weighted by molar-refractivity contribution is 7.80. The van der Waals surface area contributed by atoms with Gasteiger partial charge in [-0.15, -0.1) is 0 Å². The maximum absolute atomic E-state index is 11.7. The highest BCUT2D eigenvalue weighted by Crippen LogP contribution is 2.20. The van der Waals surface area contributed by atoms with Crippen LogP contribution in [0.15, 0.2) is 18.2 Å². The number of carbonyl (C=O) groups is 1. The van der Waals surface area contributed by atoms with Gasteiger partial charge in [-0.1, -0.05) is 6.07 Å². The van der Waals surface area contributed by atoms with E-state index in [0.717, 1.165) is 37.2 Å². The van der Waals surface area contributed by atoms with Crippen molar-refractivity contribution < 1.29 is 9.53 Å². The van der Waals surface area contributed by atoms with Gasteiger partial charge in [0.1, 0.15) is 0 Å². The molecule has 1 saturated heterocycles. The van der Waals surface area contributed by atoms with Crippen LogP contribution in [0, 0.1) is 6.92 Å². The summed E-state index contributed by atoms with van der Waals surface area (Å²) in [6.07, 6.45) is 2.17. The van der Waals surface area contributed by atoms with Gasteiger partial charge in [-0.05, 0) is 69.8 Å². The Hall–Kier alpha value is -1.66. The van der Waals surface area contributed by atoms with E-state index >= 15 is 0 Å². The fraction of sp³-hybridized carbons (Fsp3) is 0.500. The number of nitrogens with one attached hydrogen (secondary N) is 2. The van der Waals surface area contributed by atoms with E-state index in [1.54, 1.807) is 6.07 Å². The molecule has 6 heteroatoms. The number of hydrogen-bond acceptors (Lipinski definition) is 4. The van der Waals surface area contributed by atoms with Gasteiger partial charge >= 0.3 is 5.97 Å². The van der Waals surface area contributed by atoms with Crippen molar-refractivity contribution >= 4 is 29.0 Å². The highest BCUT2D eigenvalue weighted by atomic mass is 32.1. The number of esters is 1. The highest BCUT2D eigenvalue weighted by Gasteiger charge is 2.18. The maximum Gasteiger partial charge on any atom is 0.338 e. The summed E-state index contributed by atoms with van der Waals surface area (Å²) < 4.78 is 4.79. The normalized spacial score (nSPS) is 16.1. The molecular weight excluding hydrogens is 298 g/mol. The van der Waals surface area contributed by atoms with Crippen molar-refractivity contribution in [1.29, 1.82) is 0 Å². The lowest BCUT2D eigenvalue weighted by Crippen LogP contribution is -2.44. The molecule has 1 aromatic carbocycles. The van der Waals surface area contributed by atoms with E-state index < -0.39 is 0 Å². The van der Waals surface area contributed by atoms with Crippen LogP contribution >= 0.6 is 12.2 Å². The topological polar surface area (TPSA) is 53.6 Å². The fourth-order valence-electron chi connectivity index (χ4n) is 2.60. The summed E-state index contributed by atoms with van der Waals surface area (Å²) >= 11 is 5.39. The van der Waals surface area contributed by atoms with Crippen LogP contribution in [-0.4, -0.2) is 49.3 Å². The second-order valence-electron chi connectivity index (χ2n) is 5.65. The lowest BCUT2D eigenvalue weighted by molar-refractivity contribution is 0.0600. The van der Waals surface area contributed by atoms with E-state index in [9.17, 15) is 4.79 Å². The smallest absolute Gasteiger partial charge is 0.338 e. The van der Waals surface area contributed by atoms with Crippen molar-refractivity contribution in [1.82, 2.24) is 10.2 Å². The second-order valence-corrected chi connectivity index (χ2v) is 6.05. The summed E-state index contributed by atoms with van der Waals surface area (Å²) in [7, 11) is 3.52. The van der Waals surface area contributed by atoms with Crippen LogP contribution in [0.25, 0.3) is 0 Å². The molecule has 120 valence electrons. The number of ether oxygens (including phenoxy) is 1. The van der Waals surface area contributed by atoms with E-state index in [0.29, 0.717) is 16.7 Å². The molecule has 2 N–H and O–H groups in total. The molecule has 2 rings (SSSR count). The number of thiocarbonyl (C=S) groups is 1. The van der Waals surface area contributed by atoms with Gasteiger partial charge in [0.25, 0.3) is 0 Å². The van der Waals surface area contributed by atoms with E-state index in [-0.39, 0.29) is 5.97 Å². The predicted octanol–water partition coefficient (Wildman–Crippen LogP) is 2.16. The van der Waals surface area contributed by atoms with Crippen molar-refractivity contribution in [2.75, 3.05) is 32.6 Å². The Balaban J connectivity index is 1.98. The molecule has 5 nitrogen and oxygen atoms in total. The second kappa shape index (κ2) is 7.56. The van der Waals surface area contributed by atoms with Crippen molar-refractivity contribution in [3.8, 4) is 0 Å². The average Bonchev–Trinajstić information content (AvgIpc) is 2.51. The minimum absolute atomic E-state index is 0.338. The van der Waals surface area contributed by atoms with Crippen molar-refractivity contribution in [2.45, 2.75) is 25.8 Å². The summed E-state index contributed by atoms with van der Waals surface area (Å²) in [6, 6.07) is 5.88. The molecule has 22 heavy (non-hydrogen) atoms. The van der Waals surface area contributed by atoms with Crippen molar-refractivity contribution in [3.05, 3.63) is 29.3 Å². The molecule has 1 aliphatic rings. The Labute approximate surface area is 137 Å². The molecule has 0 bridgehead atoms. The first kappa shape index (κ1) is 16.7. The Bertz CT molecular complexity index is 554. The van der Waals surface area contributed by atoms with Gasteiger partial charge in [-0.3, -0.25) is 0 Å². The van der Waals surface area contributed by atoms with Gasteiger partial charge < -0.3 is 20.3 Å². The average molecular weight is 321 g/mol. The lowest BCUT2D eigenvalue weighted by atomic mass is 10.1. The lowest BCUT2D eigenvalue weighted by Gasteiger charge is -2.30. The molecule has 0 aliphatic carbocycles. The van der Waals surface area contributed by atoms with Gasteiger partial charge in [0, 0.05) is 11.7 Å². The van der Waals surface area contributed by atoms with Crippen molar-refractivity contribution in [2.24, 2.45) is 0 Å². The Morgan fingerprint density at radius 3 is 2.68 bits per heavy atom. The quantitative estimate of drug-likeness (QED) is 0.657. The molecule has 1 aliphatic heterocycles. The largest absolute Gasteiger partial charge is 0.465 e. The molecule has 1 heterocycles. The van der Waals surface area contributed by atoms with Gasteiger partial charge in [0.05, 0.1) is 12.7 Å². The number of likely N-dealkylation sites (tertiary alicyclic amines) is 1. The van der Waals surface area contributed by atoms with Crippen molar-refractivity contribution in [3.63, 3.8) is 0 Å². The number of carbonyl (C=O) groups excluding carboxylic acids is 1. The number of benzene rings is 1. The Morgan fingerprint density at radius 1 is 1.36 bits per heavy atom. The van der Waals surface area contributed by atoms with E-state index in [1.807, 2.05) is 19.1 Å². The van der Waals surface area contributed by atoms with Crippen LogP contribution in [-0.2, 0) is 4.74 Å². The standard InChI is InChI=1S/C16H23N3O2S/c1-11-13(15(20)21-3)5-4-6-14(11)18-16(22)17-12-7-9-19(2)10-8-12/h4-6,12H,7-10H2,1-3H3,(H2,17,18,22). The van der Waals surface area contributed by atoms with Crippen LogP contribution in [0.5, 0.6) is 0 Å². The summed E-state index contributed by atoms with van der Waals surface area (Å²) in [6.45, 7) is 4.04. The van der Waals surface area contributed by atoms with Crippen LogP contribution in [0.2, 0.25) is 0 Å². The Morgan fingerprint density at radius 2 is 2.05 bits per heavy atom. The predicted molar refractivity (Wildman–Crippen MR) is 92.4 cm³/mol. The van der Waals surface area contributed by atoms with E-state index in [1.165, 1.54) is 7.11 Å². The van der Waals surface area contributed by atoms with E-state index in [2.05, 4.69) is 22.6 Å². The fourth-order valence-corrected chi connectivity index (χ4v) is 2.88. The number of anilines is 1. The SMILES string of the molecule is COC(=O)c1cccc(NC(=S)NC2CCN(C)CC2)c1C. The molecule has 0 radical (unpaired) electrons. The first-order valence-corrected chi connectivity index (χ1v) is 7.86. The monoisotopic (exact) mass is 321 g/mol. The number of methoxy groups -OCH3 is 1. The minimum atomic E-state index is -0.338. The summed E-state index contributed by atoms with van der Waals surface area (Å²) in [4.78, 5) is 14.0. The number of hydrogen-bond donors (Lipinski definition) is 2.